The lowest BCUT2D eigenvalue weighted by molar-refractivity contribution is 0.114. The monoisotopic (exact) mass is 322 g/mol. The Hall–Kier alpha value is -1.50. The Morgan fingerprint density at radius 1 is 1.27 bits per heavy atom. The highest BCUT2D eigenvalue weighted by Gasteiger charge is 2.17. The van der Waals surface area contributed by atoms with Gasteiger partial charge in [-0.15, -0.1) is 0 Å². The van der Waals surface area contributed by atoms with E-state index < -0.39 is 10.0 Å². The van der Waals surface area contributed by atoms with Gasteiger partial charge in [0, 0.05) is 24.7 Å². The van der Waals surface area contributed by atoms with E-state index >= 15 is 0 Å². The molecule has 0 fully saturated rings. The maximum Gasteiger partial charge on any atom is 0.241 e. The number of benzene rings is 1. The van der Waals surface area contributed by atoms with Gasteiger partial charge in [-0.05, 0) is 36.6 Å². The van der Waals surface area contributed by atoms with Gasteiger partial charge in [0.2, 0.25) is 10.0 Å². The smallest absolute Gasteiger partial charge is 0.241 e. The first-order valence-corrected chi connectivity index (χ1v) is 8.82. The average Bonchev–Trinajstić information content (AvgIpc) is 2.47. The van der Waals surface area contributed by atoms with Crippen molar-refractivity contribution in [2.45, 2.75) is 25.7 Å². The van der Waals surface area contributed by atoms with Crippen LogP contribution in [0.15, 0.2) is 35.4 Å². The second-order valence-electron chi connectivity index (χ2n) is 5.65. The number of aryl methyl sites for hydroxylation is 1. The Balaban J connectivity index is 2.15. The topological polar surface area (TPSA) is 68.3 Å². The fourth-order valence-corrected chi connectivity index (χ4v) is 3.38. The molecule has 0 aliphatic rings. The van der Waals surface area contributed by atoms with E-state index in [9.17, 15) is 8.42 Å². The zero-order valence-electron chi connectivity index (χ0n) is 13.2. The molecule has 0 aliphatic heterocycles. The van der Waals surface area contributed by atoms with Gasteiger partial charge in [-0.2, -0.15) is 0 Å². The van der Waals surface area contributed by atoms with Crippen molar-refractivity contribution in [1.82, 2.24) is 9.71 Å². The van der Waals surface area contributed by atoms with Crippen LogP contribution in [0.25, 0.3) is 10.9 Å². The van der Waals surface area contributed by atoms with E-state index in [1.54, 1.807) is 30.5 Å². The normalized spacial score (nSPS) is 12.2. The number of aromatic nitrogens is 1. The first kappa shape index (κ1) is 16.9. The molecule has 0 unspecified atom stereocenters. The predicted molar refractivity (Wildman–Crippen MR) is 87.3 cm³/mol. The lowest BCUT2D eigenvalue weighted by Crippen LogP contribution is -2.28. The Kier molecular flexibility index (Phi) is 5.50. The zero-order chi connectivity index (χ0) is 16.2. The second kappa shape index (κ2) is 7.17. The standard InChI is InChI=1S/C16H22N2O3S/c1-12(2)11-21-10-9-18-22(19,20)15-7-6-13(3)16-14(15)5-4-8-17-16/h4-8,12,18H,9-11H2,1-3H3. The van der Waals surface area contributed by atoms with Crippen molar-refractivity contribution in [3.05, 3.63) is 36.0 Å². The molecule has 0 saturated carbocycles. The number of ether oxygens (including phenoxy) is 1. The molecule has 1 heterocycles. The SMILES string of the molecule is Cc1ccc(S(=O)(=O)NCCOCC(C)C)c2cccnc12. The summed E-state index contributed by atoms with van der Waals surface area (Å²) in [5.41, 5.74) is 1.66. The number of rotatable bonds is 7. The van der Waals surface area contributed by atoms with Gasteiger partial charge in [0.15, 0.2) is 0 Å². The Labute approximate surface area is 131 Å². The van der Waals surface area contributed by atoms with E-state index in [2.05, 4.69) is 23.6 Å². The fraction of sp³-hybridized carbons (Fsp3) is 0.438. The van der Waals surface area contributed by atoms with Gasteiger partial charge in [-0.3, -0.25) is 4.98 Å². The number of pyridine rings is 1. The minimum Gasteiger partial charge on any atom is -0.380 e. The number of fused-ring (bicyclic) bond motifs is 1. The molecule has 6 heteroatoms. The van der Waals surface area contributed by atoms with E-state index in [0.29, 0.717) is 30.0 Å². The summed E-state index contributed by atoms with van der Waals surface area (Å²) < 4.78 is 32.9. The number of sulfonamides is 1. The van der Waals surface area contributed by atoms with Crippen LogP contribution in [0.4, 0.5) is 0 Å². The molecule has 1 aromatic carbocycles. The molecule has 120 valence electrons. The van der Waals surface area contributed by atoms with Crippen molar-refractivity contribution in [1.29, 1.82) is 0 Å². The summed E-state index contributed by atoms with van der Waals surface area (Å²) in [5.74, 6) is 0.434. The lowest BCUT2D eigenvalue weighted by atomic mass is 10.1. The van der Waals surface area contributed by atoms with Crippen molar-refractivity contribution in [3.63, 3.8) is 0 Å². The van der Waals surface area contributed by atoms with Gasteiger partial charge >= 0.3 is 0 Å². The number of hydrogen-bond acceptors (Lipinski definition) is 4. The molecule has 0 spiro atoms. The van der Waals surface area contributed by atoms with Gasteiger partial charge < -0.3 is 4.74 Å². The van der Waals surface area contributed by atoms with Crippen molar-refractivity contribution < 1.29 is 13.2 Å². The van der Waals surface area contributed by atoms with Crippen LogP contribution in [-0.4, -0.2) is 33.2 Å². The third-order valence-corrected chi connectivity index (χ3v) is 4.73. The maximum absolute atomic E-state index is 12.5. The summed E-state index contributed by atoms with van der Waals surface area (Å²) >= 11 is 0. The van der Waals surface area contributed by atoms with Crippen LogP contribution in [0.2, 0.25) is 0 Å². The molecule has 0 atom stereocenters. The lowest BCUT2D eigenvalue weighted by Gasteiger charge is -2.11. The highest BCUT2D eigenvalue weighted by molar-refractivity contribution is 7.89. The molecule has 0 saturated heterocycles. The van der Waals surface area contributed by atoms with Crippen molar-refractivity contribution in [2.24, 2.45) is 5.92 Å². The fourth-order valence-electron chi connectivity index (χ4n) is 2.17. The van der Waals surface area contributed by atoms with E-state index in [4.69, 9.17) is 4.74 Å². The first-order valence-electron chi connectivity index (χ1n) is 7.33. The maximum atomic E-state index is 12.5. The summed E-state index contributed by atoms with van der Waals surface area (Å²) in [5, 5.41) is 0.637. The molecule has 2 aromatic rings. The minimum atomic E-state index is -3.57. The van der Waals surface area contributed by atoms with Crippen LogP contribution in [0, 0.1) is 12.8 Å². The van der Waals surface area contributed by atoms with Crippen LogP contribution in [0.3, 0.4) is 0 Å². The third-order valence-electron chi connectivity index (χ3n) is 3.21. The van der Waals surface area contributed by atoms with Crippen LogP contribution >= 0.6 is 0 Å². The second-order valence-corrected chi connectivity index (χ2v) is 7.38. The number of hydrogen-bond donors (Lipinski definition) is 1. The van der Waals surface area contributed by atoms with Crippen LogP contribution in [0.1, 0.15) is 19.4 Å². The zero-order valence-corrected chi connectivity index (χ0v) is 14.0. The van der Waals surface area contributed by atoms with Gasteiger partial charge in [-0.25, -0.2) is 13.1 Å². The van der Waals surface area contributed by atoms with Gasteiger partial charge in [-0.1, -0.05) is 19.9 Å². The van der Waals surface area contributed by atoms with E-state index in [0.717, 1.165) is 5.56 Å². The van der Waals surface area contributed by atoms with Crippen molar-refractivity contribution in [3.8, 4) is 0 Å². The Morgan fingerprint density at radius 3 is 2.77 bits per heavy atom. The average molecular weight is 322 g/mol. The molecular formula is C16H22N2O3S. The number of nitrogens with one attached hydrogen (secondary N) is 1. The van der Waals surface area contributed by atoms with Gasteiger partial charge in [0.1, 0.15) is 0 Å². The summed E-state index contributed by atoms with van der Waals surface area (Å²) in [7, 11) is -3.57. The van der Waals surface area contributed by atoms with Gasteiger partial charge in [0.05, 0.1) is 17.0 Å². The predicted octanol–water partition coefficient (Wildman–Crippen LogP) is 2.49. The molecule has 1 aromatic heterocycles. The van der Waals surface area contributed by atoms with Crippen molar-refractivity contribution in [2.75, 3.05) is 19.8 Å². The minimum absolute atomic E-state index is 0.255. The molecule has 5 nitrogen and oxygen atoms in total. The molecule has 1 N–H and O–H groups in total. The molecule has 0 amide bonds. The Morgan fingerprint density at radius 2 is 2.05 bits per heavy atom. The molecule has 0 radical (unpaired) electrons. The highest BCUT2D eigenvalue weighted by atomic mass is 32.2. The molecule has 2 rings (SSSR count). The van der Waals surface area contributed by atoms with E-state index in [-0.39, 0.29) is 11.4 Å². The van der Waals surface area contributed by atoms with E-state index in [1.165, 1.54) is 0 Å². The summed E-state index contributed by atoms with van der Waals surface area (Å²) in [4.78, 5) is 4.52. The highest BCUT2D eigenvalue weighted by Crippen LogP contribution is 2.23. The molecule has 0 bridgehead atoms. The van der Waals surface area contributed by atoms with Crippen LogP contribution < -0.4 is 4.72 Å². The van der Waals surface area contributed by atoms with E-state index in [1.807, 2.05) is 6.92 Å². The number of nitrogens with zero attached hydrogens (tertiary/aromatic N) is 1. The van der Waals surface area contributed by atoms with Crippen molar-refractivity contribution >= 4 is 20.9 Å². The summed E-state index contributed by atoms with van der Waals surface area (Å²) in [6, 6.07) is 6.92. The molecule has 0 aliphatic carbocycles. The molecule has 22 heavy (non-hydrogen) atoms. The third kappa shape index (κ3) is 4.03. The summed E-state index contributed by atoms with van der Waals surface area (Å²) in [6.45, 7) is 7.26. The quantitative estimate of drug-likeness (QED) is 0.795. The molecular weight excluding hydrogens is 300 g/mol. The van der Waals surface area contributed by atoms with Gasteiger partial charge in [0.25, 0.3) is 0 Å². The van der Waals surface area contributed by atoms with Crippen LogP contribution in [0.5, 0.6) is 0 Å². The summed E-state index contributed by atoms with van der Waals surface area (Å²) in [6.07, 6.45) is 1.67. The van der Waals surface area contributed by atoms with Crippen LogP contribution in [-0.2, 0) is 14.8 Å². The largest absolute Gasteiger partial charge is 0.380 e. The Bertz CT molecular complexity index is 742. The first-order chi connectivity index (χ1) is 10.4.